The zero-order chi connectivity index (χ0) is 20.3. The van der Waals surface area contributed by atoms with Gasteiger partial charge in [-0.1, -0.05) is 5.16 Å². The minimum atomic E-state index is -3.72. The molecule has 28 heavy (non-hydrogen) atoms. The third-order valence-corrected chi connectivity index (χ3v) is 5.92. The third kappa shape index (κ3) is 4.51. The molecule has 0 atom stereocenters. The van der Waals surface area contributed by atoms with Crippen molar-refractivity contribution in [3.05, 3.63) is 35.7 Å². The second-order valence-electron chi connectivity index (χ2n) is 6.63. The van der Waals surface area contributed by atoms with Crippen LogP contribution < -0.4 is 10.1 Å². The number of aryl methyl sites for hydroxylation is 1. The number of nitrogens with zero attached hydrogens (tertiary/aromatic N) is 2. The van der Waals surface area contributed by atoms with Gasteiger partial charge >= 0.3 is 0 Å². The Hall–Kier alpha value is -2.43. The summed E-state index contributed by atoms with van der Waals surface area (Å²) in [5.41, 5.74) is 0.800. The lowest BCUT2D eigenvalue weighted by Gasteiger charge is -2.26. The summed E-state index contributed by atoms with van der Waals surface area (Å²) in [4.78, 5) is 12.5. The largest absolute Gasteiger partial charge is 0.489 e. The number of hydrogen-bond acceptors (Lipinski definition) is 7. The molecule has 1 amide bonds. The normalized spacial score (nSPS) is 15.6. The maximum absolute atomic E-state index is 12.9. The molecule has 10 heteroatoms. The Morgan fingerprint density at radius 2 is 1.96 bits per heavy atom. The molecule has 2 aromatic rings. The molecule has 1 saturated heterocycles. The van der Waals surface area contributed by atoms with Crippen LogP contribution in [0.15, 0.2) is 33.7 Å². The SMILES string of the molecule is Cc1cc(C(=O)Nc2cc(S(=O)(=O)N3CCOCC3)ccc2OC(C)C)on1. The van der Waals surface area contributed by atoms with E-state index in [0.717, 1.165) is 0 Å². The molecule has 9 nitrogen and oxygen atoms in total. The van der Waals surface area contributed by atoms with Crippen molar-refractivity contribution in [2.75, 3.05) is 31.6 Å². The van der Waals surface area contributed by atoms with Crippen LogP contribution in [0.1, 0.15) is 30.1 Å². The second kappa shape index (κ2) is 8.29. The van der Waals surface area contributed by atoms with Crippen LogP contribution in [0.5, 0.6) is 5.75 Å². The van der Waals surface area contributed by atoms with Crippen LogP contribution in [0.25, 0.3) is 0 Å². The van der Waals surface area contributed by atoms with E-state index in [1.165, 1.54) is 28.6 Å². The fourth-order valence-electron chi connectivity index (χ4n) is 2.71. The Kier molecular flexibility index (Phi) is 6.01. The highest BCUT2D eigenvalue weighted by molar-refractivity contribution is 7.89. The lowest BCUT2D eigenvalue weighted by Crippen LogP contribution is -2.40. The van der Waals surface area contributed by atoms with Crippen molar-refractivity contribution in [1.82, 2.24) is 9.46 Å². The number of morpholine rings is 1. The first-order valence-electron chi connectivity index (χ1n) is 8.90. The molecule has 0 spiro atoms. The molecule has 152 valence electrons. The van der Waals surface area contributed by atoms with Crippen LogP contribution in [0.2, 0.25) is 0 Å². The number of carbonyl (C=O) groups is 1. The summed E-state index contributed by atoms with van der Waals surface area (Å²) in [7, 11) is -3.72. The Morgan fingerprint density at radius 3 is 2.57 bits per heavy atom. The fourth-order valence-corrected chi connectivity index (χ4v) is 4.15. The lowest BCUT2D eigenvalue weighted by atomic mass is 10.2. The molecule has 1 fully saturated rings. The number of amides is 1. The smallest absolute Gasteiger partial charge is 0.294 e. The molecule has 3 rings (SSSR count). The number of nitrogens with one attached hydrogen (secondary N) is 1. The zero-order valence-electron chi connectivity index (χ0n) is 16.0. The minimum Gasteiger partial charge on any atom is -0.489 e. The highest BCUT2D eigenvalue weighted by Gasteiger charge is 2.27. The van der Waals surface area contributed by atoms with Crippen molar-refractivity contribution >= 4 is 21.6 Å². The van der Waals surface area contributed by atoms with Gasteiger partial charge in [-0.2, -0.15) is 4.31 Å². The van der Waals surface area contributed by atoms with Gasteiger partial charge in [0.05, 0.1) is 35.6 Å². The van der Waals surface area contributed by atoms with Gasteiger partial charge in [0.1, 0.15) is 5.75 Å². The van der Waals surface area contributed by atoms with Gasteiger partial charge in [0.25, 0.3) is 5.91 Å². The maximum atomic E-state index is 12.9. The Labute approximate surface area is 163 Å². The van der Waals surface area contributed by atoms with Crippen molar-refractivity contribution in [2.24, 2.45) is 0 Å². The topological polar surface area (TPSA) is 111 Å². The van der Waals surface area contributed by atoms with Crippen LogP contribution in [-0.2, 0) is 14.8 Å². The molecule has 0 bridgehead atoms. The average Bonchev–Trinajstić information content (AvgIpc) is 3.10. The molecule has 1 aromatic heterocycles. The maximum Gasteiger partial charge on any atom is 0.294 e. The Bertz CT molecular complexity index is 948. The number of sulfonamides is 1. The van der Waals surface area contributed by atoms with E-state index in [9.17, 15) is 13.2 Å². The van der Waals surface area contributed by atoms with Crippen molar-refractivity contribution in [2.45, 2.75) is 31.8 Å². The van der Waals surface area contributed by atoms with Gasteiger partial charge in [0.15, 0.2) is 0 Å². The van der Waals surface area contributed by atoms with E-state index in [-0.39, 0.29) is 35.5 Å². The summed E-state index contributed by atoms with van der Waals surface area (Å²) < 4.78 is 43.1. The number of ether oxygens (including phenoxy) is 2. The van der Waals surface area contributed by atoms with Crippen molar-refractivity contribution in [3.63, 3.8) is 0 Å². The van der Waals surface area contributed by atoms with E-state index in [1.807, 2.05) is 13.8 Å². The van der Waals surface area contributed by atoms with Crippen molar-refractivity contribution < 1.29 is 27.2 Å². The zero-order valence-corrected chi connectivity index (χ0v) is 16.8. The predicted octanol–water partition coefficient (Wildman–Crippen LogP) is 2.04. The summed E-state index contributed by atoms with van der Waals surface area (Å²) in [5, 5.41) is 6.34. The quantitative estimate of drug-likeness (QED) is 0.777. The molecule has 0 unspecified atom stereocenters. The average molecular weight is 409 g/mol. The first-order valence-corrected chi connectivity index (χ1v) is 10.3. The van der Waals surface area contributed by atoms with E-state index in [0.29, 0.717) is 24.7 Å². The molecule has 1 N–H and O–H groups in total. The highest BCUT2D eigenvalue weighted by Crippen LogP contribution is 2.30. The number of hydrogen-bond donors (Lipinski definition) is 1. The van der Waals surface area contributed by atoms with Crippen LogP contribution >= 0.6 is 0 Å². The molecule has 0 saturated carbocycles. The summed E-state index contributed by atoms with van der Waals surface area (Å²) in [6.45, 7) is 6.64. The minimum absolute atomic E-state index is 0.0226. The summed E-state index contributed by atoms with van der Waals surface area (Å²) in [5.74, 6) is -0.162. The van der Waals surface area contributed by atoms with Crippen molar-refractivity contribution in [3.8, 4) is 5.75 Å². The molecule has 2 heterocycles. The van der Waals surface area contributed by atoms with Gasteiger partial charge in [0, 0.05) is 19.2 Å². The van der Waals surface area contributed by atoms with Crippen LogP contribution in [0.3, 0.4) is 0 Å². The van der Waals surface area contributed by atoms with Gasteiger partial charge in [-0.05, 0) is 39.0 Å². The van der Waals surface area contributed by atoms with Crippen LogP contribution in [0.4, 0.5) is 5.69 Å². The van der Waals surface area contributed by atoms with Crippen LogP contribution in [-0.4, -0.2) is 56.2 Å². The van der Waals surface area contributed by atoms with Gasteiger partial charge in [-0.25, -0.2) is 8.42 Å². The van der Waals surface area contributed by atoms with Gasteiger partial charge in [-0.15, -0.1) is 0 Å². The molecular formula is C18H23N3O6S. The van der Waals surface area contributed by atoms with E-state index in [2.05, 4.69) is 10.5 Å². The van der Waals surface area contributed by atoms with Crippen LogP contribution in [0, 0.1) is 6.92 Å². The summed E-state index contributed by atoms with van der Waals surface area (Å²) in [6, 6.07) is 5.89. The number of benzene rings is 1. The van der Waals surface area contributed by atoms with E-state index in [1.54, 1.807) is 6.92 Å². The van der Waals surface area contributed by atoms with E-state index in [4.69, 9.17) is 14.0 Å². The molecule has 0 aliphatic carbocycles. The lowest BCUT2D eigenvalue weighted by molar-refractivity contribution is 0.0730. The number of carbonyl (C=O) groups excluding carboxylic acids is 1. The Morgan fingerprint density at radius 1 is 1.25 bits per heavy atom. The molecule has 1 aromatic carbocycles. The molecule has 1 aliphatic rings. The van der Waals surface area contributed by atoms with Gasteiger partial charge in [-0.3, -0.25) is 4.79 Å². The monoisotopic (exact) mass is 409 g/mol. The second-order valence-corrected chi connectivity index (χ2v) is 8.57. The van der Waals surface area contributed by atoms with Crippen molar-refractivity contribution in [1.29, 1.82) is 0 Å². The Balaban J connectivity index is 1.93. The molecular weight excluding hydrogens is 386 g/mol. The fraction of sp³-hybridized carbons (Fsp3) is 0.444. The van der Waals surface area contributed by atoms with Gasteiger partial charge < -0.3 is 19.3 Å². The number of rotatable bonds is 6. The summed E-state index contributed by atoms with van der Waals surface area (Å²) in [6.07, 6.45) is -0.162. The summed E-state index contributed by atoms with van der Waals surface area (Å²) >= 11 is 0. The van der Waals surface area contributed by atoms with Gasteiger partial charge in [0.2, 0.25) is 15.8 Å². The molecule has 1 aliphatic heterocycles. The standard InChI is InChI=1S/C18H23N3O6S/c1-12(2)26-16-5-4-14(28(23,24)21-6-8-25-9-7-21)11-15(16)19-18(22)17-10-13(3)20-27-17/h4-5,10-12H,6-9H2,1-3H3,(H,19,22). The van der Waals surface area contributed by atoms with E-state index < -0.39 is 15.9 Å². The first-order chi connectivity index (χ1) is 13.3. The highest BCUT2D eigenvalue weighted by atomic mass is 32.2. The number of aromatic nitrogens is 1. The van der Waals surface area contributed by atoms with E-state index >= 15 is 0 Å². The first kappa shape index (κ1) is 20.3. The third-order valence-electron chi connectivity index (χ3n) is 4.02. The number of anilines is 1. The predicted molar refractivity (Wildman–Crippen MR) is 101 cm³/mol. The molecule has 0 radical (unpaired) electrons.